The molecule has 3 rings (SSSR count). The van der Waals surface area contributed by atoms with Gasteiger partial charge in [0.15, 0.2) is 0 Å². The van der Waals surface area contributed by atoms with Crippen LogP contribution in [0.2, 0.25) is 0 Å². The zero-order valence-electron chi connectivity index (χ0n) is 12.7. The number of rotatable bonds is 2. The Hall–Kier alpha value is -1.62. The fraction of sp³-hybridized carbons (Fsp3) is 0.625. The van der Waals surface area contributed by atoms with Crippen LogP contribution in [0.3, 0.4) is 0 Å². The largest absolute Gasteiger partial charge is 0.481 e. The van der Waals surface area contributed by atoms with Crippen LogP contribution in [0.4, 0.5) is 5.69 Å². The molecule has 2 aliphatic heterocycles. The van der Waals surface area contributed by atoms with Crippen molar-refractivity contribution < 1.29 is 9.90 Å². The van der Waals surface area contributed by atoms with Gasteiger partial charge in [-0.2, -0.15) is 0 Å². The molecule has 2 fully saturated rings. The zero-order valence-corrected chi connectivity index (χ0v) is 12.7. The quantitative estimate of drug-likeness (QED) is 0.899. The first-order valence-electron chi connectivity index (χ1n) is 7.64. The van der Waals surface area contributed by atoms with Gasteiger partial charge in [-0.05, 0) is 51.4 Å². The van der Waals surface area contributed by atoms with Crippen molar-refractivity contribution in [3.05, 3.63) is 24.0 Å². The van der Waals surface area contributed by atoms with Gasteiger partial charge in [-0.3, -0.25) is 9.78 Å². The Kier molecular flexibility index (Phi) is 3.61. The number of aliphatic carboxylic acids is 1. The molecule has 2 aliphatic rings. The highest BCUT2D eigenvalue weighted by Crippen LogP contribution is 2.43. The minimum atomic E-state index is -0.620. The van der Waals surface area contributed by atoms with E-state index < -0.39 is 11.4 Å². The topological polar surface area (TPSA) is 56.7 Å². The molecule has 0 saturated carbocycles. The second-order valence-electron chi connectivity index (χ2n) is 6.42. The van der Waals surface area contributed by atoms with E-state index in [1.165, 1.54) is 5.69 Å². The molecule has 5 nitrogen and oxygen atoms in total. The molecule has 1 aromatic heterocycles. The van der Waals surface area contributed by atoms with Crippen LogP contribution in [0, 0.1) is 12.3 Å². The van der Waals surface area contributed by atoms with Gasteiger partial charge < -0.3 is 14.9 Å². The van der Waals surface area contributed by atoms with Crippen LogP contribution in [-0.4, -0.2) is 53.7 Å². The number of piperidine rings is 2. The summed E-state index contributed by atoms with van der Waals surface area (Å²) in [6, 6.07) is 2.12. The third-order valence-corrected chi connectivity index (χ3v) is 5.28. The minimum absolute atomic E-state index is 0.0880. The van der Waals surface area contributed by atoms with Crippen LogP contribution in [0.25, 0.3) is 0 Å². The smallest absolute Gasteiger partial charge is 0.311 e. The van der Waals surface area contributed by atoms with Crippen molar-refractivity contribution >= 4 is 11.7 Å². The lowest BCUT2D eigenvalue weighted by atomic mass is 9.68. The second kappa shape index (κ2) is 5.30. The van der Waals surface area contributed by atoms with Crippen molar-refractivity contribution in [2.24, 2.45) is 5.41 Å². The van der Waals surface area contributed by atoms with Crippen LogP contribution in [-0.2, 0) is 4.79 Å². The van der Waals surface area contributed by atoms with Gasteiger partial charge in [0, 0.05) is 37.2 Å². The summed E-state index contributed by atoms with van der Waals surface area (Å²) < 4.78 is 0. The van der Waals surface area contributed by atoms with E-state index in [0.717, 1.165) is 44.5 Å². The number of aryl methyl sites for hydroxylation is 1. The maximum Gasteiger partial charge on any atom is 0.311 e. The van der Waals surface area contributed by atoms with Gasteiger partial charge in [-0.1, -0.05) is 0 Å². The number of carboxylic acids is 1. The summed E-state index contributed by atoms with van der Waals surface area (Å²) in [6.45, 7) is 4.64. The number of likely N-dealkylation sites (N-methyl/N-ethyl adjacent to an activating group) is 1. The molecule has 21 heavy (non-hydrogen) atoms. The number of hydrogen-bond donors (Lipinski definition) is 1. The normalized spacial score (nSPS) is 30.0. The highest BCUT2D eigenvalue weighted by molar-refractivity contribution is 5.76. The number of carboxylic acid groups (broad SMARTS) is 1. The number of carbonyl (C=O) groups is 1. The van der Waals surface area contributed by atoms with Gasteiger partial charge >= 0.3 is 5.97 Å². The molecule has 2 saturated heterocycles. The highest BCUT2D eigenvalue weighted by Gasteiger charge is 2.52. The third-order valence-electron chi connectivity index (χ3n) is 5.28. The van der Waals surface area contributed by atoms with E-state index in [1.54, 1.807) is 0 Å². The standard InChI is InChI=1S/C16H23N3O2/c1-12-10-17-7-4-13(12)19-9-6-16(15(20)21)5-3-8-18(2)14(16)11-19/h4,7,10,14H,3,5-6,8-9,11H2,1-2H3,(H,20,21)/t14-,16+/m1/s1. The lowest BCUT2D eigenvalue weighted by molar-refractivity contribution is -0.158. The summed E-state index contributed by atoms with van der Waals surface area (Å²) in [5.74, 6) is -0.620. The fourth-order valence-corrected chi connectivity index (χ4v) is 4.02. The number of anilines is 1. The maximum atomic E-state index is 11.9. The van der Waals surface area contributed by atoms with E-state index >= 15 is 0 Å². The summed E-state index contributed by atoms with van der Waals surface area (Å²) in [7, 11) is 2.06. The second-order valence-corrected chi connectivity index (χ2v) is 6.42. The van der Waals surface area contributed by atoms with Crippen LogP contribution in [0.1, 0.15) is 24.8 Å². The van der Waals surface area contributed by atoms with Crippen molar-refractivity contribution in [1.29, 1.82) is 0 Å². The van der Waals surface area contributed by atoms with Crippen LogP contribution in [0.5, 0.6) is 0 Å². The van der Waals surface area contributed by atoms with Crippen molar-refractivity contribution in [1.82, 2.24) is 9.88 Å². The van der Waals surface area contributed by atoms with E-state index in [0.29, 0.717) is 0 Å². The molecule has 0 spiro atoms. The van der Waals surface area contributed by atoms with Gasteiger partial charge in [-0.25, -0.2) is 0 Å². The van der Waals surface area contributed by atoms with E-state index in [1.807, 2.05) is 18.5 Å². The van der Waals surface area contributed by atoms with E-state index in [2.05, 4.69) is 28.8 Å². The first-order chi connectivity index (χ1) is 10.0. The molecule has 3 heterocycles. The number of nitrogens with zero attached hydrogens (tertiary/aromatic N) is 3. The summed E-state index contributed by atoms with van der Waals surface area (Å²) in [4.78, 5) is 20.6. The van der Waals surface area contributed by atoms with Gasteiger partial charge in [0.2, 0.25) is 0 Å². The van der Waals surface area contributed by atoms with Gasteiger partial charge in [0.25, 0.3) is 0 Å². The van der Waals surface area contributed by atoms with Crippen molar-refractivity contribution in [3.63, 3.8) is 0 Å². The molecular weight excluding hydrogens is 266 g/mol. The van der Waals surface area contributed by atoms with Gasteiger partial charge in [0.1, 0.15) is 0 Å². The number of pyridine rings is 1. The molecule has 114 valence electrons. The van der Waals surface area contributed by atoms with Crippen LogP contribution in [0.15, 0.2) is 18.5 Å². The monoisotopic (exact) mass is 289 g/mol. The summed E-state index contributed by atoms with van der Waals surface area (Å²) in [6.07, 6.45) is 6.19. The SMILES string of the molecule is Cc1cnccc1N1CC[C@@]2(C(=O)O)CCCN(C)[C@@H]2C1. The predicted octanol–water partition coefficient (Wildman–Crippen LogP) is 1.77. The lowest BCUT2D eigenvalue weighted by Gasteiger charge is -2.52. The Labute approximate surface area is 125 Å². The fourth-order valence-electron chi connectivity index (χ4n) is 4.02. The lowest BCUT2D eigenvalue weighted by Crippen LogP contribution is -2.63. The molecule has 1 N–H and O–H groups in total. The van der Waals surface area contributed by atoms with Crippen molar-refractivity contribution in [2.75, 3.05) is 31.6 Å². The maximum absolute atomic E-state index is 11.9. The Morgan fingerprint density at radius 1 is 1.43 bits per heavy atom. The average molecular weight is 289 g/mol. The molecule has 5 heteroatoms. The molecule has 2 atom stereocenters. The minimum Gasteiger partial charge on any atom is -0.481 e. The van der Waals surface area contributed by atoms with Crippen molar-refractivity contribution in [2.45, 2.75) is 32.2 Å². The third kappa shape index (κ3) is 2.29. The van der Waals surface area contributed by atoms with Gasteiger partial charge in [-0.15, -0.1) is 0 Å². The molecule has 0 aliphatic carbocycles. The molecule has 0 bridgehead atoms. The van der Waals surface area contributed by atoms with Crippen LogP contribution >= 0.6 is 0 Å². The first-order valence-corrected chi connectivity index (χ1v) is 7.64. The molecule has 0 unspecified atom stereocenters. The number of fused-ring (bicyclic) bond motifs is 1. The van der Waals surface area contributed by atoms with Crippen LogP contribution < -0.4 is 4.90 Å². The zero-order chi connectivity index (χ0) is 15.0. The highest BCUT2D eigenvalue weighted by atomic mass is 16.4. The Bertz CT molecular complexity index is 548. The molecule has 0 amide bonds. The summed E-state index contributed by atoms with van der Waals surface area (Å²) in [5.41, 5.74) is 1.77. The number of aromatic nitrogens is 1. The molecule has 0 radical (unpaired) electrons. The number of hydrogen-bond acceptors (Lipinski definition) is 4. The summed E-state index contributed by atoms with van der Waals surface area (Å²) >= 11 is 0. The van der Waals surface area contributed by atoms with Crippen molar-refractivity contribution in [3.8, 4) is 0 Å². The number of likely N-dealkylation sites (tertiary alicyclic amines) is 1. The molecule has 0 aromatic carbocycles. The summed E-state index contributed by atoms with van der Waals surface area (Å²) in [5, 5.41) is 9.80. The Morgan fingerprint density at radius 3 is 2.95 bits per heavy atom. The average Bonchev–Trinajstić information content (AvgIpc) is 2.48. The Morgan fingerprint density at radius 2 is 2.24 bits per heavy atom. The predicted molar refractivity (Wildman–Crippen MR) is 81.5 cm³/mol. The molecular formula is C16H23N3O2. The molecule has 1 aromatic rings. The van der Waals surface area contributed by atoms with E-state index in [4.69, 9.17) is 0 Å². The van der Waals surface area contributed by atoms with Gasteiger partial charge in [0.05, 0.1) is 5.41 Å². The first kappa shape index (κ1) is 14.3. The Balaban J connectivity index is 1.89. The van der Waals surface area contributed by atoms with E-state index in [9.17, 15) is 9.90 Å². The van der Waals surface area contributed by atoms with E-state index in [-0.39, 0.29) is 6.04 Å².